The number of carbonyl (C=O) groups excluding carboxylic acids is 1. The van der Waals surface area contributed by atoms with Gasteiger partial charge in [0.25, 0.3) is 5.91 Å². The number of rotatable bonds is 4. The first-order valence-corrected chi connectivity index (χ1v) is 5.18. The molecule has 0 aliphatic heterocycles. The maximum absolute atomic E-state index is 13.9. The summed E-state index contributed by atoms with van der Waals surface area (Å²) in [5.74, 6) is -0.557. The van der Waals surface area contributed by atoms with Crippen molar-refractivity contribution < 1.29 is 9.18 Å². The summed E-state index contributed by atoms with van der Waals surface area (Å²) >= 11 is 0. The van der Waals surface area contributed by atoms with E-state index >= 15 is 0 Å². The Morgan fingerprint density at radius 3 is 2.27 bits per heavy atom. The van der Waals surface area contributed by atoms with E-state index in [4.69, 9.17) is 0 Å². The van der Waals surface area contributed by atoms with Crippen LogP contribution in [-0.2, 0) is 4.79 Å². The summed E-state index contributed by atoms with van der Waals surface area (Å²) in [4.78, 5) is 11.6. The minimum absolute atomic E-state index is 0.197. The predicted octanol–water partition coefficient (Wildman–Crippen LogP) is 3.15. The Morgan fingerprint density at radius 2 is 1.80 bits per heavy atom. The summed E-state index contributed by atoms with van der Waals surface area (Å²) in [5.41, 5.74) is -1.12. The molecule has 0 spiro atoms. The first kappa shape index (κ1) is 11.7. The van der Waals surface area contributed by atoms with Crippen molar-refractivity contribution in [2.24, 2.45) is 0 Å². The van der Waals surface area contributed by atoms with Crippen molar-refractivity contribution in [3.63, 3.8) is 0 Å². The molecule has 0 radical (unpaired) electrons. The van der Waals surface area contributed by atoms with Crippen molar-refractivity contribution >= 4 is 11.6 Å². The highest BCUT2D eigenvalue weighted by atomic mass is 19.1. The van der Waals surface area contributed by atoms with Crippen molar-refractivity contribution in [2.45, 2.75) is 32.4 Å². The lowest BCUT2D eigenvalue weighted by molar-refractivity contribution is -0.127. The van der Waals surface area contributed by atoms with Crippen LogP contribution in [0.4, 0.5) is 10.1 Å². The van der Waals surface area contributed by atoms with Crippen molar-refractivity contribution in [3.05, 3.63) is 30.3 Å². The fourth-order valence-corrected chi connectivity index (χ4v) is 1.34. The molecule has 0 unspecified atom stereocenters. The Morgan fingerprint density at radius 1 is 1.27 bits per heavy atom. The Balaban J connectivity index is 2.71. The second-order valence-electron chi connectivity index (χ2n) is 3.49. The summed E-state index contributed by atoms with van der Waals surface area (Å²) in [6.45, 7) is 3.35. The third-order valence-corrected chi connectivity index (χ3v) is 2.56. The number of amides is 1. The summed E-state index contributed by atoms with van der Waals surface area (Å²) in [6, 6.07) is 8.92. The first-order valence-electron chi connectivity index (χ1n) is 5.18. The average Bonchev–Trinajstić information content (AvgIpc) is 2.29. The van der Waals surface area contributed by atoms with Gasteiger partial charge in [0.15, 0.2) is 5.67 Å². The summed E-state index contributed by atoms with van der Waals surface area (Å²) in [7, 11) is 0. The molecule has 0 aliphatic carbocycles. The van der Waals surface area contributed by atoms with Crippen LogP contribution in [0.1, 0.15) is 26.7 Å². The molecule has 0 heterocycles. The summed E-state index contributed by atoms with van der Waals surface area (Å²) < 4.78 is 13.9. The Labute approximate surface area is 89.5 Å². The predicted molar refractivity (Wildman–Crippen MR) is 59.5 cm³/mol. The van der Waals surface area contributed by atoms with Gasteiger partial charge in [-0.1, -0.05) is 32.0 Å². The third kappa shape index (κ3) is 2.78. The molecule has 1 amide bonds. The van der Waals surface area contributed by atoms with Crippen LogP contribution >= 0.6 is 0 Å². The van der Waals surface area contributed by atoms with Gasteiger partial charge < -0.3 is 5.32 Å². The van der Waals surface area contributed by atoms with E-state index in [1.807, 2.05) is 6.07 Å². The lowest BCUT2D eigenvalue weighted by Crippen LogP contribution is -2.37. The molecule has 0 fully saturated rings. The zero-order chi connectivity index (χ0) is 11.3. The van der Waals surface area contributed by atoms with Gasteiger partial charge in [-0.2, -0.15) is 0 Å². The molecule has 1 N–H and O–H groups in total. The number of carbonyl (C=O) groups is 1. The third-order valence-electron chi connectivity index (χ3n) is 2.56. The Kier molecular flexibility index (Phi) is 3.83. The smallest absolute Gasteiger partial charge is 0.262 e. The van der Waals surface area contributed by atoms with Crippen molar-refractivity contribution in [1.82, 2.24) is 0 Å². The number of halogens is 1. The molecule has 15 heavy (non-hydrogen) atoms. The Bertz CT molecular complexity index is 320. The average molecular weight is 209 g/mol. The number of hydrogen-bond donors (Lipinski definition) is 1. The van der Waals surface area contributed by atoms with Gasteiger partial charge in [0.05, 0.1) is 0 Å². The molecular weight excluding hydrogens is 193 g/mol. The van der Waals surface area contributed by atoms with E-state index < -0.39 is 11.6 Å². The van der Waals surface area contributed by atoms with E-state index in [1.165, 1.54) is 0 Å². The number of para-hydroxylation sites is 1. The van der Waals surface area contributed by atoms with Gasteiger partial charge in [-0.3, -0.25) is 4.79 Å². The highest BCUT2D eigenvalue weighted by Crippen LogP contribution is 2.22. The molecule has 0 bridgehead atoms. The molecule has 0 aromatic heterocycles. The van der Waals surface area contributed by atoms with Crippen LogP contribution in [-0.4, -0.2) is 11.6 Å². The minimum atomic E-state index is -1.75. The zero-order valence-electron chi connectivity index (χ0n) is 9.09. The van der Waals surface area contributed by atoms with Crippen molar-refractivity contribution in [2.75, 3.05) is 5.32 Å². The number of benzene rings is 1. The molecule has 1 aromatic rings. The van der Waals surface area contributed by atoms with E-state index in [0.717, 1.165) is 0 Å². The number of nitrogens with one attached hydrogen (secondary N) is 1. The SMILES string of the molecule is CCC(F)(CC)C(=O)Nc1ccccc1. The fraction of sp³-hybridized carbons (Fsp3) is 0.417. The second kappa shape index (κ2) is 4.91. The van der Waals surface area contributed by atoms with Gasteiger partial charge in [-0.05, 0) is 25.0 Å². The maximum atomic E-state index is 13.9. The molecule has 1 aromatic carbocycles. The van der Waals surface area contributed by atoms with E-state index in [2.05, 4.69) is 5.32 Å². The van der Waals surface area contributed by atoms with Gasteiger partial charge in [0.1, 0.15) is 0 Å². The Hall–Kier alpha value is -1.38. The summed E-state index contributed by atoms with van der Waals surface area (Å²) in [6.07, 6.45) is 0.393. The molecule has 0 atom stereocenters. The lowest BCUT2D eigenvalue weighted by Gasteiger charge is -2.20. The molecule has 2 nitrogen and oxygen atoms in total. The normalized spacial score (nSPS) is 11.1. The quantitative estimate of drug-likeness (QED) is 0.810. The highest BCUT2D eigenvalue weighted by Gasteiger charge is 2.34. The number of alkyl halides is 1. The topological polar surface area (TPSA) is 29.1 Å². The van der Waals surface area contributed by atoms with Crippen LogP contribution in [0.2, 0.25) is 0 Å². The standard InChI is InChI=1S/C12H16FNO/c1-3-12(13,4-2)11(15)14-10-8-6-5-7-9-10/h5-9H,3-4H2,1-2H3,(H,14,15). The van der Waals surface area contributed by atoms with Crippen LogP contribution in [0, 0.1) is 0 Å². The van der Waals surface area contributed by atoms with Crippen LogP contribution < -0.4 is 5.32 Å². The lowest BCUT2D eigenvalue weighted by atomic mass is 9.98. The monoisotopic (exact) mass is 209 g/mol. The van der Waals surface area contributed by atoms with Crippen LogP contribution in [0.5, 0.6) is 0 Å². The van der Waals surface area contributed by atoms with Crippen LogP contribution in [0.25, 0.3) is 0 Å². The molecule has 0 saturated heterocycles. The van der Waals surface area contributed by atoms with Gasteiger partial charge in [-0.25, -0.2) is 4.39 Å². The van der Waals surface area contributed by atoms with Gasteiger partial charge in [0, 0.05) is 5.69 Å². The van der Waals surface area contributed by atoms with E-state index in [9.17, 15) is 9.18 Å². The minimum Gasteiger partial charge on any atom is -0.323 e. The van der Waals surface area contributed by atoms with E-state index in [-0.39, 0.29) is 12.8 Å². The molecule has 0 saturated carbocycles. The number of anilines is 1. The molecule has 0 aliphatic rings. The van der Waals surface area contributed by atoms with Gasteiger partial charge in [-0.15, -0.1) is 0 Å². The van der Waals surface area contributed by atoms with Gasteiger partial charge in [0.2, 0.25) is 0 Å². The zero-order valence-corrected chi connectivity index (χ0v) is 9.09. The molecule has 3 heteroatoms. The maximum Gasteiger partial charge on any atom is 0.262 e. The summed E-state index contributed by atoms with van der Waals surface area (Å²) in [5, 5.41) is 2.57. The largest absolute Gasteiger partial charge is 0.323 e. The van der Waals surface area contributed by atoms with Crippen LogP contribution in [0.15, 0.2) is 30.3 Å². The van der Waals surface area contributed by atoms with Crippen molar-refractivity contribution in [1.29, 1.82) is 0 Å². The van der Waals surface area contributed by atoms with Gasteiger partial charge >= 0.3 is 0 Å². The molecule has 1 rings (SSSR count). The second-order valence-corrected chi connectivity index (χ2v) is 3.49. The fourth-order valence-electron chi connectivity index (χ4n) is 1.34. The van der Waals surface area contributed by atoms with E-state index in [0.29, 0.717) is 5.69 Å². The van der Waals surface area contributed by atoms with E-state index in [1.54, 1.807) is 38.1 Å². The molecular formula is C12H16FNO. The molecule has 82 valence electrons. The highest BCUT2D eigenvalue weighted by molar-refractivity contribution is 5.97. The first-order chi connectivity index (χ1) is 7.12. The van der Waals surface area contributed by atoms with Crippen molar-refractivity contribution in [3.8, 4) is 0 Å². The van der Waals surface area contributed by atoms with Crippen LogP contribution in [0.3, 0.4) is 0 Å². The number of hydrogen-bond acceptors (Lipinski definition) is 1.